The molecular formula is C16H25F3N2O2. The Kier molecular flexibility index (Phi) is 5.92. The van der Waals surface area contributed by atoms with Gasteiger partial charge in [0.05, 0.1) is 5.92 Å². The second kappa shape index (κ2) is 7.53. The minimum Gasteiger partial charge on any atom is -0.339 e. The summed E-state index contributed by atoms with van der Waals surface area (Å²) < 4.78 is 38.1. The van der Waals surface area contributed by atoms with E-state index in [0.717, 1.165) is 37.0 Å². The van der Waals surface area contributed by atoms with Crippen LogP contribution in [0.5, 0.6) is 0 Å². The van der Waals surface area contributed by atoms with Gasteiger partial charge in [0.15, 0.2) is 0 Å². The lowest BCUT2D eigenvalue weighted by molar-refractivity contribution is -0.163. The molecule has 2 fully saturated rings. The summed E-state index contributed by atoms with van der Waals surface area (Å²) in [4.78, 5) is 27.2. The van der Waals surface area contributed by atoms with Crippen LogP contribution in [0.2, 0.25) is 0 Å². The molecule has 0 radical (unpaired) electrons. The number of nitrogens with zero attached hydrogens (tertiary/aromatic N) is 2. The first-order chi connectivity index (χ1) is 10.8. The molecule has 1 saturated carbocycles. The highest BCUT2D eigenvalue weighted by atomic mass is 19.4. The average molecular weight is 334 g/mol. The Bertz CT molecular complexity index is 434. The van der Waals surface area contributed by atoms with Crippen molar-refractivity contribution in [3.05, 3.63) is 0 Å². The third kappa shape index (κ3) is 4.85. The van der Waals surface area contributed by atoms with E-state index in [4.69, 9.17) is 0 Å². The van der Waals surface area contributed by atoms with Gasteiger partial charge in [-0.3, -0.25) is 9.59 Å². The highest BCUT2D eigenvalue weighted by Crippen LogP contribution is 2.30. The smallest absolute Gasteiger partial charge is 0.339 e. The van der Waals surface area contributed by atoms with E-state index in [0.29, 0.717) is 6.42 Å². The SMILES string of the molecule is CCCCN(CC(F)(F)F)C(=O)C1CC(=O)N(C2CCCC2)C1. The molecule has 0 aromatic carbocycles. The van der Waals surface area contributed by atoms with E-state index in [2.05, 4.69) is 0 Å². The van der Waals surface area contributed by atoms with Crippen molar-refractivity contribution in [3.8, 4) is 0 Å². The van der Waals surface area contributed by atoms with Gasteiger partial charge in [-0.1, -0.05) is 26.2 Å². The molecular weight excluding hydrogens is 309 g/mol. The topological polar surface area (TPSA) is 40.6 Å². The van der Waals surface area contributed by atoms with E-state index in [9.17, 15) is 22.8 Å². The fourth-order valence-electron chi connectivity index (χ4n) is 3.56. The van der Waals surface area contributed by atoms with Gasteiger partial charge in [0.2, 0.25) is 11.8 Å². The van der Waals surface area contributed by atoms with Crippen LogP contribution in [0.15, 0.2) is 0 Å². The Morgan fingerprint density at radius 2 is 1.96 bits per heavy atom. The maximum atomic E-state index is 12.7. The number of hydrogen-bond donors (Lipinski definition) is 0. The summed E-state index contributed by atoms with van der Waals surface area (Å²) in [5, 5.41) is 0. The molecule has 23 heavy (non-hydrogen) atoms. The number of rotatable bonds is 6. The number of halogens is 3. The number of likely N-dealkylation sites (tertiary alicyclic amines) is 1. The molecule has 132 valence electrons. The van der Waals surface area contributed by atoms with Gasteiger partial charge in [-0.05, 0) is 19.3 Å². The van der Waals surface area contributed by atoms with Crippen molar-refractivity contribution in [1.29, 1.82) is 0 Å². The standard InChI is InChI=1S/C16H25F3N2O2/c1-2-3-8-20(11-16(17,18)19)15(23)12-9-14(22)21(10-12)13-6-4-5-7-13/h12-13H,2-11H2,1H3. The molecule has 0 spiro atoms. The van der Waals surface area contributed by atoms with Crippen molar-refractivity contribution < 1.29 is 22.8 Å². The summed E-state index contributed by atoms with van der Waals surface area (Å²) in [5.74, 6) is -1.23. The van der Waals surface area contributed by atoms with Crippen molar-refractivity contribution in [2.24, 2.45) is 5.92 Å². The summed E-state index contributed by atoms with van der Waals surface area (Å²) in [6, 6.07) is 0.173. The average Bonchev–Trinajstić information content (AvgIpc) is 3.10. The van der Waals surface area contributed by atoms with Crippen molar-refractivity contribution in [2.45, 2.75) is 64.1 Å². The quantitative estimate of drug-likeness (QED) is 0.749. The summed E-state index contributed by atoms with van der Waals surface area (Å²) in [6.07, 6.45) is 0.929. The van der Waals surface area contributed by atoms with Crippen LogP contribution >= 0.6 is 0 Å². The highest BCUT2D eigenvalue weighted by Gasteiger charge is 2.42. The van der Waals surface area contributed by atoms with Gasteiger partial charge < -0.3 is 9.80 Å². The molecule has 1 unspecified atom stereocenters. The number of amides is 2. The van der Waals surface area contributed by atoms with Crippen LogP contribution in [0, 0.1) is 5.92 Å². The Hall–Kier alpha value is -1.27. The van der Waals surface area contributed by atoms with Gasteiger partial charge >= 0.3 is 6.18 Å². The zero-order chi connectivity index (χ0) is 17.0. The van der Waals surface area contributed by atoms with Crippen molar-refractivity contribution in [2.75, 3.05) is 19.6 Å². The van der Waals surface area contributed by atoms with Crippen molar-refractivity contribution in [3.63, 3.8) is 0 Å². The molecule has 7 heteroatoms. The minimum atomic E-state index is -4.41. The van der Waals surface area contributed by atoms with Crippen molar-refractivity contribution in [1.82, 2.24) is 9.80 Å². The minimum absolute atomic E-state index is 0.0514. The molecule has 1 heterocycles. The molecule has 2 aliphatic rings. The Morgan fingerprint density at radius 3 is 2.52 bits per heavy atom. The molecule has 1 aliphatic carbocycles. The number of hydrogen-bond acceptors (Lipinski definition) is 2. The Balaban J connectivity index is 1.99. The third-order valence-electron chi connectivity index (χ3n) is 4.74. The fraction of sp³-hybridized carbons (Fsp3) is 0.875. The predicted molar refractivity (Wildman–Crippen MR) is 79.6 cm³/mol. The zero-order valence-corrected chi connectivity index (χ0v) is 13.6. The normalized spacial score (nSPS) is 22.9. The Labute approximate surface area is 135 Å². The van der Waals surface area contributed by atoms with Crippen LogP contribution in [-0.4, -0.2) is 53.5 Å². The second-order valence-corrected chi connectivity index (χ2v) is 6.61. The van der Waals surface area contributed by atoms with Gasteiger partial charge in [-0.25, -0.2) is 0 Å². The molecule has 1 atom stereocenters. The number of unbranched alkanes of at least 4 members (excludes halogenated alkanes) is 1. The van der Waals surface area contributed by atoms with E-state index < -0.39 is 24.5 Å². The van der Waals surface area contributed by atoms with E-state index in [1.807, 2.05) is 6.92 Å². The molecule has 0 N–H and O–H groups in total. The lowest BCUT2D eigenvalue weighted by atomic mass is 10.1. The van der Waals surface area contributed by atoms with Gasteiger partial charge in [0.1, 0.15) is 6.54 Å². The maximum absolute atomic E-state index is 12.7. The third-order valence-corrected chi connectivity index (χ3v) is 4.74. The lowest BCUT2D eigenvalue weighted by Crippen LogP contribution is -2.43. The van der Waals surface area contributed by atoms with Crippen LogP contribution < -0.4 is 0 Å². The second-order valence-electron chi connectivity index (χ2n) is 6.61. The Morgan fingerprint density at radius 1 is 1.30 bits per heavy atom. The highest BCUT2D eigenvalue weighted by molar-refractivity contribution is 5.89. The van der Waals surface area contributed by atoms with Gasteiger partial charge in [-0.2, -0.15) is 13.2 Å². The van der Waals surface area contributed by atoms with Crippen LogP contribution in [0.1, 0.15) is 51.9 Å². The largest absolute Gasteiger partial charge is 0.406 e. The molecule has 1 aliphatic heterocycles. The fourth-order valence-corrected chi connectivity index (χ4v) is 3.56. The van der Waals surface area contributed by atoms with Crippen LogP contribution in [0.25, 0.3) is 0 Å². The molecule has 2 rings (SSSR count). The molecule has 0 aromatic rings. The number of carbonyl (C=O) groups is 2. The van der Waals surface area contributed by atoms with Crippen LogP contribution in [-0.2, 0) is 9.59 Å². The van der Waals surface area contributed by atoms with E-state index in [1.54, 1.807) is 4.90 Å². The zero-order valence-electron chi connectivity index (χ0n) is 13.6. The van der Waals surface area contributed by atoms with Crippen LogP contribution in [0.3, 0.4) is 0 Å². The van der Waals surface area contributed by atoms with E-state index in [-0.39, 0.29) is 31.5 Å². The summed E-state index contributed by atoms with van der Waals surface area (Å²) >= 11 is 0. The molecule has 0 aromatic heterocycles. The molecule has 4 nitrogen and oxygen atoms in total. The monoisotopic (exact) mass is 334 g/mol. The van der Waals surface area contributed by atoms with E-state index >= 15 is 0 Å². The summed E-state index contributed by atoms with van der Waals surface area (Å²) in [7, 11) is 0. The summed E-state index contributed by atoms with van der Waals surface area (Å²) in [6.45, 7) is 1.03. The number of carbonyl (C=O) groups excluding carboxylic acids is 2. The van der Waals surface area contributed by atoms with Crippen molar-refractivity contribution >= 4 is 11.8 Å². The van der Waals surface area contributed by atoms with Gasteiger partial charge in [0.25, 0.3) is 0 Å². The first-order valence-electron chi connectivity index (χ1n) is 8.47. The lowest BCUT2D eigenvalue weighted by Gasteiger charge is -2.27. The number of alkyl halides is 3. The van der Waals surface area contributed by atoms with E-state index in [1.165, 1.54) is 0 Å². The predicted octanol–water partition coefficient (Wildman–Crippen LogP) is 2.97. The molecule has 1 saturated heterocycles. The summed E-state index contributed by atoms with van der Waals surface area (Å²) in [5.41, 5.74) is 0. The van der Waals surface area contributed by atoms with Crippen LogP contribution in [0.4, 0.5) is 13.2 Å². The molecule has 0 bridgehead atoms. The molecule has 2 amide bonds. The van der Waals surface area contributed by atoms with Gasteiger partial charge in [-0.15, -0.1) is 0 Å². The van der Waals surface area contributed by atoms with Gasteiger partial charge in [0, 0.05) is 25.6 Å². The maximum Gasteiger partial charge on any atom is 0.406 e. The first kappa shape index (κ1) is 18.1. The first-order valence-corrected chi connectivity index (χ1v) is 8.47.